The second-order valence-corrected chi connectivity index (χ2v) is 7.40. The number of carbonyl (C=O) groups is 1. The first-order chi connectivity index (χ1) is 13.3. The van der Waals surface area contributed by atoms with Gasteiger partial charge in [-0.25, -0.2) is 0 Å². The van der Waals surface area contributed by atoms with Crippen molar-refractivity contribution < 1.29 is 18.0 Å². The summed E-state index contributed by atoms with van der Waals surface area (Å²) in [6.07, 6.45) is -1.95. The number of piperazine rings is 1. The molecule has 0 bridgehead atoms. The largest absolute Gasteiger partial charge is 0.416 e. The topological polar surface area (TPSA) is 23.6 Å². The zero-order chi connectivity index (χ0) is 19.9. The molecule has 2 aromatic carbocycles. The van der Waals surface area contributed by atoms with Gasteiger partial charge in [0.15, 0.2) is 5.78 Å². The van der Waals surface area contributed by atoms with E-state index in [0.29, 0.717) is 54.4 Å². The predicted molar refractivity (Wildman–Crippen MR) is 103 cm³/mol. The number of rotatable bonds is 2. The van der Waals surface area contributed by atoms with Crippen molar-refractivity contribution in [2.45, 2.75) is 12.6 Å². The second kappa shape index (κ2) is 7.17. The first-order valence-corrected chi connectivity index (χ1v) is 9.40. The summed E-state index contributed by atoms with van der Waals surface area (Å²) in [5.41, 5.74) is 2.15. The molecule has 1 aliphatic carbocycles. The Labute approximate surface area is 166 Å². The van der Waals surface area contributed by atoms with E-state index in [2.05, 4.69) is 4.90 Å². The van der Waals surface area contributed by atoms with Gasteiger partial charge in [-0.05, 0) is 29.8 Å². The van der Waals surface area contributed by atoms with E-state index in [1.807, 2.05) is 11.1 Å². The number of benzene rings is 2. The zero-order valence-corrected chi connectivity index (χ0v) is 15.7. The van der Waals surface area contributed by atoms with Crippen molar-refractivity contribution in [3.8, 4) is 0 Å². The number of carbonyl (C=O) groups excluding carboxylic acids is 1. The highest BCUT2D eigenvalue weighted by molar-refractivity contribution is 6.32. The number of allylic oxidation sites excluding steroid dienone is 1. The molecule has 2 aliphatic rings. The Morgan fingerprint density at radius 3 is 2.39 bits per heavy atom. The number of alkyl halides is 3. The summed E-state index contributed by atoms with van der Waals surface area (Å²) in [5.74, 6) is -0.00203. The normalized spacial score (nSPS) is 18.7. The monoisotopic (exact) mass is 406 g/mol. The molecule has 0 radical (unpaired) electrons. The molecule has 1 fully saturated rings. The Morgan fingerprint density at radius 1 is 1.00 bits per heavy atom. The summed E-state index contributed by atoms with van der Waals surface area (Å²) >= 11 is 6.19. The van der Waals surface area contributed by atoms with Crippen LogP contribution in [0.25, 0.3) is 0 Å². The molecule has 0 N–H and O–H groups in total. The minimum atomic E-state index is -4.35. The molecular weight excluding hydrogens is 389 g/mol. The first-order valence-electron chi connectivity index (χ1n) is 9.02. The molecule has 4 rings (SSSR count). The van der Waals surface area contributed by atoms with Crippen LogP contribution in [0.15, 0.2) is 54.2 Å². The van der Waals surface area contributed by atoms with Crippen LogP contribution in [0.1, 0.15) is 21.5 Å². The molecule has 0 atom stereocenters. The van der Waals surface area contributed by atoms with Crippen LogP contribution in [0.4, 0.5) is 18.9 Å². The van der Waals surface area contributed by atoms with Crippen LogP contribution in [0, 0.1) is 0 Å². The molecule has 0 aromatic heterocycles. The van der Waals surface area contributed by atoms with E-state index in [1.54, 1.807) is 24.3 Å². The van der Waals surface area contributed by atoms with Crippen molar-refractivity contribution in [1.82, 2.24) is 4.90 Å². The fourth-order valence-corrected chi connectivity index (χ4v) is 3.95. The summed E-state index contributed by atoms with van der Waals surface area (Å²) in [6, 6.07) is 10.7. The molecule has 1 heterocycles. The summed E-state index contributed by atoms with van der Waals surface area (Å²) < 4.78 is 38.8. The van der Waals surface area contributed by atoms with Gasteiger partial charge in [0.05, 0.1) is 5.56 Å². The van der Waals surface area contributed by atoms with E-state index in [1.165, 1.54) is 12.1 Å². The Hall–Kier alpha value is -2.47. The van der Waals surface area contributed by atoms with Gasteiger partial charge in [0.2, 0.25) is 0 Å². The van der Waals surface area contributed by atoms with Gasteiger partial charge in [-0.2, -0.15) is 13.2 Å². The number of halogens is 4. The lowest BCUT2D eigenvalue weighted by atomic mass is 10.1. The molecule has 0 unspecified atom stereocenters. The van der Waals surface area contributed by atoms with Gasteiger partial charge in [-0.1, -0.05) is 29.8 Å². The molecule has 3 nitrogen and oxygen atoms in total. The highest BCUT2D eigenvalue weighted by Crippen LogP contribution is 2.33. The molecular formula is C21H18ClF3N2O. The molecule has 0 saturated carbocycles. The fourth-order valence-electron chi connectivity index (χ4n) is 3.71. The molecule has 146 valence electrons. The van der Waals surface area contributed by atoms with Crippen molar-refractivity contribution in [3.05, 3.63) is 76.0 Å². The Morgan fingerprint density at radius 2 is 1.71 bits per heavy atom. The molecule has 0 amide bonds. The van der Waals surface area contributed by atoms with E-state index in [9.17, 15) is 18.0 Å². The summed E-state index contributed by atoms with van der Waals surface area (Å²) in [5, 5.41) is 0.601. The third-order valence-corrected chi connectivity index (χ3v) is 5.57. The highest BCUT2D eigenvalue weighted by atomic mass is 35.5. The molecule has 2 aromatic rings. The maximum atomic E-state index is 12.9. The van der Waals surface area contributed by atoms with E-state index >= 15 is 0 Å². The third kappa shape index (κ3) is 3.61. The van der Waals surface area contributed by atoms with Crippen LogP contribution >= 0.6 is 11.6 Å². The maximum absolute atomic E-state index is 12.9. The van der Waals surface area contributed by atoms with E-state index in [0.717, 1.165) is 11.6 Å². The summed E-state index contributed by atoms with van der Waals surface area (Å²) in [6.45, 7) is 2.45. The van der Waals surface area contributed by atoms with Crippen molar-refractivity contribution in [2.24, 2.45) is 0 Å². The van der Waals surface area contributed by atoms with E-state index in [-0.39, 0.29) is 5.78 Å². The highest BCUT2D eigenvalue weighted by Gasteiger charge is 2.31. The third-order valence-electron chi connectivity index (χ3n) is 5.21. The Balaban J connectivity index is 1.44. The van der Waals surface area contributed by atoms with Crippen LogP contribution in [0.2, 0.25) is 5.02 Å². The lowest BCUT2D eigenvalue weighted by molar-refractivity contribution is -0.137. The van der Waals surface area contributed by atoms with Gasteiger partial charge in [0.25, 0.3) is 0 Å². The second-order valence-electron chi connectivity index (χ2n) is 7.00. The van der Waals surface area contributed by atoms with Crippen molar-refractivity contribution in [1.29, 1.82) is 0 Å². The van der Waals surface area contributed by atoms with E-state index in [4.69, 9.17) is 11.6 Å². The predicted octanol–water partition coefficient (Wildman–Crippen LogP) is 4.80. The minimum absolute atomic E-state index is 0.00203. The molecule has 0 spiro atoms. The number of fused-ring (bicyclic) bond motifs is 1. The molecule has 1 saturated heterocycles. The Kier molecular flexibility index (Phi) is 4.83. The smallest absolute Gasteiger partial charge is 0.373 e. The SMILES string of the molecule is O=C1C(=CN2CCN(c3cccc(C(F)(F)F)c3)CC2)Cc2c(Cl)cccc21. The number of Topliss-reactive ketones (excluding diaryl/α,β-unsaturated/α-hetero) is 1. The van der Waals surface area contributed by atoms with Crippen molar-refractivity contribution in [2.75, 3.05) is 31.1 Å². The standard InChI is InChI=1S/C21H18ClF3N2O/c22-19-6-2-5-17-18(19)11-14(20(17)28)13-26-7-9-27(10-8-26)16-4-1-3-15(12-16)21(23,24)25/h1-6,12-13H,7-11H2. The van der Waals surface area contributed by atoms with Crippen LogP contribution < -0.4 is 4.90 Å². The minimum Gasteiger partial charge on any atom is -0.373 e. The molecule has 1 aliphatic heterocycles. The van der Waals surface area contributed by atoms with Crippen molar-refractivity contribution in [3.63, 3.8) is 0 Å². The van der Waals surface area contributed by atoms with Crippen LogP contribution in [0.3, 0.4) is 0 Å². The number of nitrogens with zero attached hydrogens (tertiary/aromatic N) is 2. The molecule has 7 heteroatoms. The van der Waals surface area contributed by atoms with Gasteiger partial charge in [0.1, 0.15) is 0 Å². The average molecular weight is 407 g/mol. The van der Waals surface area contributed by atoms with Gasteiger partial charge >= 0.3 is 6.18 Å². The Bertz CT molecular complexity index is 947. The lowest BCUT2D eigenvalue weighted by Crippen LogP contribution is -2.44. The zero-order valence-electron chi connectivity index (χ0n) is 15.0. The van der Waals surface area contributed by atoms with Crippen LogP contribution in [-0.2, 0) is 12.6 Å². The van der Waals surface area contributed by atoms with Crippen molar-refractivity contribution >= 4 is 23.1 Å². The number of hydrogen-bond donors (Lipinski definition) is 0. The molecule has 28 heavy (non-hydrogen) atoms. The first kappa shape index (κ1) is 18.9. The average Bonchev–Trinajstić information content (AvgIpc) is 2.99. The van der Waals surface area contributed by atoms with E-state index < -0.39 is 11.7 Å². The van der Waals surface area contributed by atoms with Gasteiger partial charge in [-0.3, -0.25) is 4.79 Å². The quantitative estimate of drug-likeness (QED) is 0.669. The summed E-state index contributed by atoms with van der Waals surface area (Å²) in [4.78, 5) is 16.6. The van der Waals surface area contributed by atoms with Gasteiger partial charge in [0, 0.05) is 60.6 Å². The maximum Gasteiger partial charge on any atom is 0.416 e. The van der Waals surface area contributed by atoms with Crippen LogP contribution in [-0.4, -0.2) is 36.9 Å². The summed E-state index contributed by atoms with van der Waals surface area (Å²) in [7, 11) is 0. The lowest BCUT2D eigenvalue weighted by Gasteiger charge is -2.36. The number of hydrogen-bond acceptors (Lipinski definition) is 3. The number of anilines is 1. The number of ketones is 1. The van der Waals surface area contributed by atoms with Gasteiger partial charge in [-0.15, -0.1) is 0 Å². The van der Waals surface area contributed by atoms with Gasteiger partial charge < -0.3 is 9.80 Å². The fraction of sp³-hybridized carbons (Fsp3) is 0.286. The van der Waals surface area contributed by atoms with Crippen LogP contribution in [0.5, 0.6) is 0 Å².